The molecular formula is C11H21N3O. The third-order valence-electron chi connectivity index (χ3n) is 3.87. The molecule has 0 aliphatic carbocycles. The van der Waals surface area contributed by atoms with Crippen LogP contribution in [0.2, 0.25) is 0 Å². The second-order valence-corrected chi connectivity index (χ2v) is 5.26. The molecule has 4 nitrogen and oxygen atoms in total. The summed E-state index contributed by atoms with van der Waals surface area (Å²) in [6.07, 6.45) is 2.17. The van der Waals surface area contributed by atoms with E-state index in [1.165, 1.54) is 19.5 Å². The van der Waals surface area contributed by atoms with Gasteiger partial charge in [-0.1, -0.05) is 0 Å². The molecular weight excluding hydrogens is 190 g/mol. The van der Waals surface area contributed by atoms with E-state index in [1.807, 2.05) is 6.92 Å². The maximum absolute atomic E-state index is 11.3. The molecule has 1 amide bonds. The number of nitrogens with two attached hydrogens (primary N) is 1. The van der Waals surface area contributed by atoms with Gasteiger partial charge in [0, 0.05) is 6.54 Å². The van der Waals surface area contributed by atoms with E-state index in [4.69, 9.17) is 5.73 Å². The number of amides is 1. The van der Waals surface area contributed by atoms with Crippen molar-refractivity contribution in [2.75, 3.05) is 32.7 Å². The molecule has 1 atom stereocenters. The van der Waals surface area contributed by atoms with Crippen molar-refractivity contribution in [3.05, 3.63) is 0 Å². The summed E-state index contributed by atoms with van der Waals surface area (Å²) in [5.74, 6) is 0.709. The van der Waals surface area contributed by atoms with Crippen molar-refractivity contribution < 1.29 is 4.79 Å². The summed E-state index contributed by atoms with van der Waals surface area (Å²) in [7, 11) is 0. The quantitative estimate of drug-likeness (QED) is 0.676. The van der Waals surface area contributed by atoms with Gasteiger partial charge in [-0.2, -0.15) is 0 Å². The highest BCUT2D eigenvalue weighted by Crippen LogP contribution is 2.29. The summed E-state index contributed by atoms with van der Waals surface area (Å²) in [5.41, 5.74) is 5.13. The molecule has 2 aliphatic heterocycles. The third kappa shape index (κ3) is 2.32. The van der Waals surface area contributed by atoms with E-state index in [9.17, 15) is 4.79 Å². The number of nitrogens with zero attached hydrogens (tertiary/aromatic N) is 1. The van der Waals surface area contributed by atoms with Gasteiger partial charge < -0.3 is 16.0 Å². The molecule has 4 heteroatoms. The van der Waals surface area contributed by atoms with E-state index in [-0.39, 0.29) is 11.3 Å². The summed E-state index contributed by atoms with van der Waals surface area (Å²) >= 11 is 0. The lowest BCUT2D eigenvalue weighted by Gasteiger charge is -2.29. The number of carbonyl (C=O) groups excluding carboxylic acids is 1. The van der Waals surface area contributed by atoms with Crippen LogP contribution in [0, 0.1) is 11.3 Å². The van der Waals surface area contributed by atoms with Crippen molar-refractivity contribution >= 4 is 5.91 Å². The highest BCUT2D eigenvalue weighted by Gasteiger charge is 2.38. The molecule has 2 heterocycles. The zero-order valence-corrected chi connectivity index (χ0v) is 9.46. The molecule has 0 radical (unpaired) electrons. The number of carbonyl (C=O) groups is 1. The Bertz CT molecular complexity index is 252. The Morgan fingerprint density at radius 1 is 1.60 bits per heavy atom. The predicted octanol–water partition coefficient (Wildman–Crippen LogP) is -0.207. The van der Waals surface area contributed by atoms with Gasteiger partial charge in [0.25, 0.3) is 0 Å². The van der Waals surface area contributed by atoms with Gasteiger partial charge in [0.2, 0.25) is 5.91 Å². The van der Waals surface area contributed by atoms with Crippen LogP contribution in [0.1, 0.15) is 19.8 Å². The monoisotopic (exact) mass is 211 g/mol. The molecule has 0 spiro atoms. The van der Waals surface area contributed by atoms with Gasteiger partial charge in [-0.25, -0.2) is 0 Å². The average molecular weight is 211 g/mol. The van der Waals surface area contributed by atoms with E-state index in [1.54, 1.807) is 0 Å². The Kier molecular flexibility index (Phi) is 2.98. The summed E-state index contributed by atoms with van der Waals surface area (Å²) in [5, 5.41) is 3.28. The first-order valence-electron chi connectivity index (χ1n) is 5.83. The fourth-order valence-electron chi connectivity index (χ4n) is 2.37. The van der Waals surface area contributed by atoms with Crippen LogP contribution in [0.5, 0.6) is 0 Å². The molecule has 0 aromatic heterocycles. The van der Waals surface area contributed by atoms with Crippen LogP contribution in [0.4, 0.5) is 0 Å². The van der Waals surface area contributed by atoms with E-state index >= 15 is 0 Å². The molecule has 0 saturated carbocycles. The Morgan fingerprint density at radius 3 is 2.80 bits per heavy atom. The average Bonchev–Trinajstić information content (AvgIpc) is 2.46. The smallest absolute Gasteiger partial charge is 0.224 e. The zero-order valence-electron chi connectivity index (χ0n) is 9.46. The first-order chi connectivity index (χ1) is 7.10. The molecule has 2 rings (SSSR count). The molecule has 15 heavy (non-hydrogen) atoms. The Balaban J connectivity index is 1.74. The van der Waals surface area contributed by atoms with Crippen molar-refractivity contribution in [3.8, 4) is 0 Å². The summed E-state index contributed by atoms with van der Waals surface area (Å²) < 4.78 is 0. The molecule has 86 valence electrons. The topological polar surface area (TPSA) is 58.4 Å². The van der Waals surface area contributed by atoms with Crippen LogP contribution < -0.4 is 11.1 Å². The Hall–Kier alpha value is -0.610. The molecule has 0 aromatic rings. The van der Waals surface area contributed by atoms with Gasteiger partial charge in [-0.3, -0.25) is 4.79 Å². The lowest BCUT2D eigenvalue weighted by atomic mass is 9.89. The van der Waals surface area contributed by atoms with Crippen molar-refractivity contribution in [3.63, 3.8) is 0 Å². The fraction of sp³-hybridized carbons (Fsp3) is 0.909. The van der Waals surface area contributed by atoms with E-state index < -0.39 is 0 Å². The van der Waals surface area contributed by atoms with Crippen molar-refractivity contribution in [1.29, 1.82) is 0 Å². The largest absolute Gasteiger partial charge is 0.369 e. The third-order valence-corrected chi connectivity index (χ3v) is 3.87. The highest BCUT2D eigenvalue weighted by atomic mass is 16.1. The lowest BCUT2D eigenvalue weighted by molar-refractivity contribution is -0.126. The Morgan fingerprint density at radius 2 is 2.33 bits per heavy atom. The van der Waals surface area contributed by atoms with Gasteiger partial charge in [0.1, 0.15) is 0 Å². The van der Waals surface area contributed by atoms with E-state index in [2.05, 4.69) is 10.2 Å². The first-order valence-corrected chi connectivity index (χ1v) is 5.83. The number of nitrogens with one attached hydrogen (secondary N) is 1. The SMILES string of the molecule is CC1(C(N)=O)CCN(CCC2CNC2)C1. The standard InChI is InChI=1S/C11H21N3O/c1-11(10(12)15)3-5-14(8-11)4-2-9-6-13-7-9/h9,13H,2-8H2,1H3,(H2,12,15). The van der Waals surface area contributed by atoms with Gasteiger partial charge >= 0.3 is 0 Å². The van der Waals surface area contributed by atoms with Crippen LogP contribution >= 0.6 is 0 Å². The van der Waals surface area contributed by atoms with Crippen molar-refractivity contribution in [2.24, 2.45) is 17.1 Å². The van der Waals surface area contributed by atoms with Crippen LogP contribution in [-0.2, 0) is 4.79 Å². The second-order valence-electron chi connectivity index (χ2n) is 5.26. The molecule has 0 bridgehead atoms. The minimum absolute atomic E-state index is 0.143. The number of hydrogen-bond donors (Lipinski definition) is 2. The highest BCUT2D eigenvalue weighted by molar-refractivity contribution is 5.81. The van der Waals surface area contributed by atoms with E-state index in [0.717, 1.165) is 32.0 Å². The van der Waals surface area contributed by atoms with Crippen LogP contribution in [-0.4, -0.2) is 43.5 Å². The number of hydrogen-bond acceptors (Lipinski definition) is 3. The summed E-state index contributed by atoms with van der Waals surface area (Å²) in [4.78, 5) is 13.6. The molecule has 2 fully saturated rings. The van der Waals surface area contributed by atoms with Gasteiger partial charge in [-0.15, -0.1) is 0 Å². The summed E-state index contributed by atoms with van der Waals surface area (Å²) in [6, 6.07) is 0. The normalized spacial score (nSPS) is 32.9. The minimum atomic E-state index is -0.280. The van der Waals surface area contributed by atoms with Gasteiger partial charge in [0.05, 0.1) is 5.41 Å². The van der Waals surface area contributed by atoms with Crippen molar-refractivity contribution in [1.82, 2.24) is 10.2 Å². The van der Waals surface area contributed by atoms with Gasteiger partial charge in [0.15, 0.2) is 0 Å². The minimum Gasteiger partial charge on any atom is -0.369 e. The number of likely N-dealkylation sites (tertiary alicyclic amines) is 1. The number of rotatable bonds is 4. The molecule has 2 saturated heterocycles. The van der Waals surface area contributed by atoms with Crippen LogP contribution in [0.3, 0.4) is 0 Å². The van der Waals surface area contributed by atoms with Crippen LogP contribution in [0.15, 0.2) is 0 Å². The Labute approximate surface area is 91.2 Å². The maximum atomic E-state index is 11.3. The lowest BCUT2D eigenvalue weighted by Crippen LogP contribution is -2.44. The molecule has 3 N–H and O–H groups in total. The zero-order chi connectivity index (χ0) is 10.9. The summed E-state index contributed by atoms with van der Waals surface area (Å²) in [6.45, 7) is 7.32. The second kappa shape index (κ2) is 4.10. The van der Waals surface area contributed by atoms with Gasteiger partial charge in [-0.05, 0) is 51.9 Å². The maximum Gasteiger partial charge on any atom is 0.224 e. The van der Waals surface area contributed by atoms with E-state index in [0.29, 0.717) is 0 Å². The van der Waals surface area contributed by atoms with Crippen molar-refractivity contribution in [2.45, 2.75) is 19.8 Å². The predicted molar refractivity (Wildman–Crippen MR) is 59.3 cm³/mol. The molecule has 0 aromatic carbocycles. The van der Waals surface area contributed by atoms with Crippen LogP contribution in [0.25, 0.3) is 0 Å². The first kappa shape index (κ1) is 10.9. The number of primary amides is 1. The molecule has 1 unspecified atom stereocenters. The fourth-order valence-corrected chi connectivity index (χ4v) is 2.37. The molecule has 2 aliphatic rings.